The first kappa shape index (κ1) is 15.6. The van der Waals surface area contributed by atoms with Gasteiger partial charge in [-0.3, -0.25) is 20.4 Å². The van der Waals surface area contributed by atoms with Crippen LogP contribution < -0.4 is 10.9 Å². The fourth-order valence-corrected chi connectivity index (χ4v) is 3.46. The van der Waals surface area contributed by atoms with Crippen LogP contribution in [0.4, 0.5) is 4.39 Å². The van der Waals surface area contributed by atoms with Gasteiger partial charge in [-0.1, -0.05) is 18.2 Å². The highest BCUT2D eigenvalue weighted by Crippen LogP contribution is 2.27. The summed E-state index contributed by atoms with van der Waals surface area (Å²) in [5, 5.41) is 0.389. The first-order valence-corrected chi connectivity index (χ1v) is 8.20. The van der Waals surface area contributed by atoms with Gasteiger partial charge in [-0.2, -0.15) is 0 Å². The summed E-state index contributed by atoms with van der Waals surface area (Å²) < 4.78 is 14.9. The van der Waals surface area contributed by atoms with Gasteiger partial charge in [0.05, 0.1) is 10.4 Å². The van der Waals surface area contributed by atoms with Crippen LogP contribution in [0.1, 0.15) is 20.0 Å². The van der Waals surface area contributed by atoms with Crippen molar-refractivity contribution < 1.29 is 14.0 Å². The number of hydrazine groups is 1. The second-order valence-corrected chi connectivity index (χ2v) is 6.59. The summed E-state index contributed by atoms with van der Waals surface area (Å²) in [7, 11) is 0. The predicted octanol–water partition coefficient (Wildman–Crippen LogP) is 3.88. The van der Waals surface area contributed by atoms with Crippen LogP contribution in [-0.2, 0) is 0 Å². The third kappa shape index (κ3) is 3.25. The summed E-state index contributed by atoms with van der Waals surface area (Å²) in [5.74, 6) is -1.32. The molecule has 0 radical (unpaired) electrons. The third-order valence-electron chi connectivity index (χ3n) is 3.14. The Labute approximate surface area is 143 Å². The molecule has 0 saturated carbocycles. The minimum atomic E-state index is -0.494. The molecule has 116 valence electrons. The van der Waals surface area contributed by atoms with Crippen molar-refractivity contribution in [2.75, 3.05) is 0 Å². The van der Waals surface area contributed by atoms with E-state index < -0.39 is 11.8 Å². The van der Waals surface area contributed by atoms with Crippen molar-refractivity contribution in [3.63, 3.8) is 0 Å². The molecule has 4 nitrogen and oxygen atoms in total. The number of nitrogens with one attached hydrogen (secondary N) is 2. The highest BCUT2D eigenvalue weighted by molar-refractivity contribution is 9.10. The molecule has 0 aliphatic carbocycles. The second kappa shape index (κ2) is 6.47. The van der Waals surface area contributed by atoms with Gasteiger partial charge in [0, 0.05) is 14.6 Å². The van der Waals surface area contributed by atoms with Crippen molar-refractivity contribution in [2.45, 2.75) is 0 Å². The first-order valence-electron chi connectivity index (χ1n) is 6.59. The van der Waals surface area contributed by atoms with E-state index in [0.717, 1.165) is 11.3 Å². The van der Waals surface area contributed by atoms with Crippen molar-refractivity contribution in [1.29, 1.82) is 0 Å². The van der Waals surface area contributed by atoms with Crippen molar-refractivity contribution >= 4 is 49.2 Å². The number of thiophene rings is 1. The molecule has 2 N–H and O–H groups in total. The summed E-state index contributed by atoms with van der Waals surface area (Å²) in [6.07, 6.45) is 0. The van der Waals surface area contributed by atoms with Gasteiger partial charge >= 0.3 is 0 Å². The Morgan fingerprint density at radius 1 is 1.00 bits per heavy atom. The molecule has 1 aromatic heterocycles. The van der Waals surface area contributed by atoms with E-state index in [-0.39, 0.29) is 5.82 Å². The summed E-state index contributed by atoms with van der Waals surface area (Å²) in [6.45, 7) is 0. The molecular formula is C16H10BrFN2O2S. The predicted molar refractivity (Wildman–Crippen MR) is 90.9 cm³/mol. The van der Waals surface area contributed by atoms with Gasteiger partial charge in [-0.15, -0.1) is 11.3 Å². The third-order valence-corrected chi connectivity index (χ3v) is 4.93. The van der Waals surface area contributed by atoms with E-state index in [4.69, 9.17) is 0 Å². The zero-order valence-electron chi connectivity index (χ0n) is 11.6. The molecule has 0 aliphatic heterocycles. The number of hydrogen-bond acceptors (Lipinski definition) is 3. The van der Waals surface area contributed by atoms with Crippen molar-refractivity contribution in [1.82, 2.24) is 10.9 Å². The Bertz CT molecular complexity index is 910. The zero-order chi connectivity index (χ0) is 16.4. The molecule has 0 bridgehead atoms. The number of carbonyl (C=O) groups is 2. The molecular weight excluding hydrogens is 383 g/mol. The van der Waals surface area contributed by atoms with Gasteiger partial charge in [0.25, 0.3) is 11.8 Å². The van der Waals surface area contributed by atoms with Gasteiger partial charge in [-0.05, 0) is 46.3 Å². The first-order chi connectivity index (χ1) is 11.1. The van der Waals surface area contributed by atoms with Gasteiger partial charge in [0.2, 0.25) is 0 Å². The molecule has 0 unspecified atom stereocenters. The fourth-order valence-electron chi connectivity index (χ4n) is 2.03. The van der Waals surface area contributed by atoms with Gasteiger partial charge in [0.15, 0.2) is 0 Å². The topological polar surface area (TPSA) is 58.2 Å². The van der Waals surface area contributed by atoms with Crippen molar-refractivity contribution in [3.05, 3.63) is 69.3 Å². The van der Waals surface area contributed by atoms with Crippen LogP contribution >= 0.6 is 27.3 Å². The maximum absolute atomic E-state index is 13.6. The Morgan fingerprint density at radius 2 is 1.74 bits per heavy atom. The van der Waals surface area contributed by atoms with Crippen LogP contribution in [0.3, 0.4) is 0 Å². The lowest BCUT2D eigenvalue weighted by atomic mass is 10.2. The van der Waals surface area contributed by atoms with Gasteiger partial charge in [0.1, 0.15) is 5.82 Å². The normalized spacial score (nSPS) is 10.5. The lowest BCUT2D eigenvalue weighted by Crippen LogP contribution is -2.41. The smallest absolute Gasteiger partial charge is 0.267 e. The largest absolute Gasteiger partial charge is 0.279 e. The molecule has 0 fully saturated rings. The average Bonchev–Trinajstić information content (AvgIpc) is 2.98. The monoisotopic (exact) mass is 392 g/mol. The van der Waals surface area contributed by atoms with Crippen molar-refractivity contribution in [3.8, 4) is 0 Å². The minimum Gasteiger partial charge on any atom is -0.267 e. The van der Waals surface area contributed by atoms with Crippen LogP contribution in [0.15, 0.2) is 53.0 Å². The molecule has 23 heavy (non-hydrogen) atoms. The molecule has 2 aromatic carbocycles. The quantitative estimate of drug-likeness (QED) is 0.650. The molecule has 0 atom stereocenters. The zero-order valence-corrected chi connectivity index (χ0v) is 14.0. The molecule has 7 heteroatoms. The minimum absolute atomic E-state index is 0.317. The van der Waals surface area contributed by atoms with E-state index in [1.165, 1.54) is 12.1 Å². The number of fused-ring (bicyclic) bond motifs is 1. The standard InChI is InChI=1S/C16H10BrFN2O2S/c17-11-5-2-1-4-9(11)15(21)19-20-16(22)14-8-10-12(18)6-3-7-13(10)23-14/h1-8H,(H,19,21)(H,20,22). The number of carbonyl (C=O) groups excluding carboxylic acids is 2. The van der Waals surface area contributed by atoms with E-state index in [2.05, 4.69) is 26.8 Å². The summed E-state index contributed by atoms with van der Waals surface area (Å²) in [5.41, 5.74) is 5.07. The molecule has 0 aliphatic rings. The molecule has 0 spiro atoms. The van der Waals surface area contributed by atoms with E-state index in [9.17, 15) is 14.0 Å². The highest BCUT2D eigenvalue weighted by atomic mass is 79.9. The maximum Gasteiger partial charge on any atom is 0.279 e. The van der Waals surface area contributed by atoms with Crippen LogP contribution in [0.5, 0.6) is 0 Å². The Hall–Kier alpha value is -2.25. The Balaban J connectivity index is 1.73. The second-order valence-electron chi connectivity index (χ2n) is 4.65. The molecule has 2 amide bonds. The van der Waals surface area contributed by atoms with E-state index >= 15 is 0 Å². The molecule has 0 saturated heterocycles. The average molecular weight is 393 g/mol. The van der Waals surface area contributed by atoms with Crippen LogP contribution in [-0.4, -0.2) is 11.8 Å². The van der Waals surface area contributed by atoms with Crippen LogP contribution in [0.2, 0.25) is 0 Å². The summed E-state index contributed by atoms with van der Waals surface area (Å²) in [4.78, 5) is 24.4. The Kier molecular flexibility index (Phi) is 4.40. The number of benzene rings is 2. The lowest BCUT2D eigenvalue weighted by Gasteiger charge is -2.07. The van der Waals surface area contributed by atoms with Crippen LogP contribution in [0.25, 0.3) is 10.1 Å². The SMILES string of the molecule is O=C(NNC(=O)c1ccccc1Br)c1cc2c(F)cccc2s1. The Morgan fingerprint density at radius 3 is 2.48 bits per heavy atom. The van der Waals surface area contributed by atoms with Gasteiger partial charge in [-0.25, -0.2) is 4.39 Å². The van der Waals surface area contributed by atoms with Crippen molar-refractivity contribution in [2.24, 2.45) is 0 Å². The fraction of sp³-hybridized carbons (Fsp3) is 0. The van der Waals surface area contributed by atoms with E-state index in [0.29, 0.717) is 25.0 Å². The number of halogens is 2. The summed E-state index contributed by atoms with van der Waals surface area (Å²) in [6, 6.07) is 13.0. The molecule has 1 heterocycles. The molecule has 3 rings (SSSR count). The number of rotatable bonds is 2. The van der Waals surface area contributed by atoms with E-state index in [1.807, 2.05) is 0 Å². The molecule has 3 aromatic rings. The number of amides is 2. The maximum atomic E-state index is 13.6. The lowest BCUT2D eigenvalue weighted by molar-refractivity contribution is 0.0848. The van der Waals surface area contributed by atoms with E-state index in [1.54, 1.807) is 36.4 Å². The summed E-state index contributed by atoms with van der Waals surface area (Å²) >= 11 is 4.42. The van der Waals surface area contributed by atoms with Gasteiger partial charge < -0.3 is 0 Å². The number of hydrogen-bond donors (Lipinski definition) is 2. The van der Waals surface area contributed by atoms with Crippen LogP contribution in [0, 0.1) is 5.82 Å². The highest BCUT2D eigenvalue weighted by Gasteiger charge is 2.14.